The number of morpholine rings is 1. The van der Waals surface area contributed by atoms with Gasteiger partial charge in [0.2, 0.25) is 0 Å². The number of hydrogen-bond donors (Lipinski definition) is 1. The SMILES string of the molecule is COc1cc(C(=O)NCC2COc3ccccc3O2)ccc1OCC(=O)N1CCOCC1. The molecule has 170 valence electrons. The molecule has 2 heterocycles. The predicted molar refractivity (Wildman–Crippen MR) is 115 cm³/mol. The largest absolute Gasteiger partial charge is 0.493 e. The lowest BCUT2D eigenvalue weighted by Gasteiger charge is -2.27. The Morgan fingerprint density at radius 3 is 2.66 bits per heavy atom. The number of benzene rings is 2. The van der Waals surface area contributed by atoms with E-state index < -0.39 is 0 Å². The van der Waals surface area contributed by atoms with Crippen molar-refractivity contribution >= 4 is 11.8 Å². The Hall–Kier alpha value is -3.46. The molecule has 1 unspecified atom stereocenters. The van der Waals surface area contributed by atoms with Gasteiger partial charge in [0.1, 0.15) is 12.7 Å². The van der Waals surface area contributed by atoms with Crippen molar-refractivity contribution in [2.24, 2.45) is 0 Å². The molecular formula is C23H26N2O7. The first-order valence-electron chi connectivity index (χ1n) is 10.5. The van der Waals surface area contributed by atoms with Crippen LogP contribution in [0.3, 0.4) is 0 Å². The predicted octanol–water partition coefficient (Wildman–Crippen LogP) is 1.50. The molecule has 0 aromatic heterocycles. The van der Waals surface area contributed by atoms with Crippen molar-refractivity contribution < 1.29 is 33.3 Å². The molecular weight excluding hydrogens is 416 g/mol. The third-order valence-electron chi connectivity index (χ3n) is 5.20. The fourth-order valence-corrected chi connectivity index (χ4v) is 3.44. The minimum absolute atomic E-state index is 0.109. The number of ether oxygens (including phenoxy) is 5. The van der Waals surface area contributed by atoms with Crippen LogP contribution in [0.4, 0.5) is 0 Å². The molecule has 2 aliphatic heterocycles. The van der Waals surface area contributed by atoms with Crippen molar-refractivity contribution in [3.05, 3.63) is 48.0 Å². The molecule has 0 radical (unpaired) electrons. The molecule has 2 aromatic carbocycles. The Balaban J connectivity index is 1.30. The molecule has 0 bridgehead atoms. The average molecular weight is 442 g/mol. The molecule has 32 heavy (non-hydrogen) atoms. The first-order chi connectivity index (χ1) is 15.6. The summed E-state index contributed by atoms with van der Waals surface area (Å²) >= 11 is 0. The van der Waals surface area contributed by atoms with Crippen molar-refractivity contribution in [3.8, 4) is 23.0 Å². The summed E-state index contributed by atoms with van der Waals surface area (Å²) in [6.07, 6.45) is -0.287. The second-order valence-corrected chi connectivity index (χ2v) is 7.36. The lowest BCUT2D eigenvalue weighted by Crippen LogP contribution is -2.43. The van der Waals surface area contributed by atoms with E-state index in [-0.39, 0.29) is 24.5 Å². The van der Waals surface area contributed by atoms with E-state index in [1.165, 1.54) is 7.11 Å². The van der Waals surface area contributed by atoms with Crippen molar-refractivity contribution in [2.75, 3.05) is 53.2 Å². The zero-order valence-electron chi connectivity index (χ0n) is 17.9. The van der Waals surface area contributed by atoms with Crippen molar-refractivity contribution in [1.82, 2.24) is 10.2 Å². The molecule has 1 atom stereocenters. The van der Waals surface area contributed by atoms with E-state index in [0.29, 0.717) is 68.0 Å². The van der Waals surface area contributed by atoms with Crippen molar-refractivity contribution in [3.63, 3.8) is 0 Å². The average Bonchev–Trinajstić information content (AvgIpc) is 2.86. The monoisotopic (exact) mass is 442 g/mol. The minimum atomic E-state index is -0.287. The molecule has 2 aromatic rings. The van der Waals surface area contributed by atoms with Crippen LogP contribution in [0, 0.1) is 0 Å². The number of rotatable bonds is 7. The molecule has 4 rings (SSSR count). The van der Waals surface area contributed by atoms with E-state index >= 15 is 0 Å². The first kappa shape index (κ1) is 21.8. The van der Waals surface area contributed by atoms with Gasteiger partial charge in [-0.3, -0.25) is 9.59 Å². The number of carbonyl (C=O) groups is 2. The van der Waals surface area contributed by atoms with Gasteiger partial charge in [-0.1, -0.05) is 12.1 Å². The van der Waals surface area contributed by atoms with Crippen LogP contribution in [0.2, 0.25) is 0 Å². The van der Waals surface area contributed by atoms with Gasteiger partial charge in [-0.15, -0.1) is 0 Å². The number of nitrogens with one attached hydrogen (secondary N) is 1. The molecule has 9 heteroatoms. The zero-order valence-corrected chi connectivity index (χ0v) is 17.9. The summed E-state index contributed by atoms with van der Waals surface area (Å²) in [5.41, 5.74) is 0.408. The third-order valence-corrected chi connectivity index (χ3v) is 5.20. The van der Waals surface area contributed by atoms with Crippen LogP contribution in [-0.4, -0.2) is 76.0 Å². The van der Waals surface area contributed by atoms with Crippen molar-refractivity contribution in [2.45, 2.75) is 6.10 Å². The Morgan fingerprint density at radius 1 is 1.09 bits per heavy atom. The van der Waals surface area contributed by atoms with Gasteiger partial charge in [0.25, 0.3) is 11.8 Å². The van der Waals surface area contributed by atoms with Crippen LogP contribution in [0.25, 0.3) is 0 Å². The smallest absolute Gasteiger partial charge is 0.260 e. The molecule has 1 fully saturated rings. The lowest BCUT2D eigenvalue weighted by molar-refractivity contribution is -0.137. The Bertz CT molecular complexity index is 959. The van der Waals surface area contributed by atoms with Crippen LogP contribution in [0.1, 0.15) is 10.4 Å². The molecule has 2 amide bonds. The van der Waals surface area contributed by atoms with Gasteiger partial charge < -0.3 is 33.9 Å². The van der Waals surface area contributed by atoms with E-state index in [9.17, 15) is 9.59 Å². The van der Waals surface area contributed by atoms with E-state index in [1.54, 1.807) is 23.1 Å². The van der Waals surface area contributed by atoms with Gasteiger partial charge in [-0.25, -0.2) is 0 Å². The van der Waals surface area contributed by atoms with Crippen LogP contribution in [0.15, 0.2) is 42.5 Å². The van der Waals surface area contributed by atoms with Crippen LogP contribution in [-0.2, 0) is 9.53 Å². The van der Waals surface area contributed by atoms with E-state index in [4.69, 9.17) is 23.7 Å². The van der Waals surface area contributed by atoms with Gasteiger partial charge in [-0.05, 0) is 30.3 Å². The normalized spacial score (nSPS) is 17.4. The lowest BCUT2D eigenvalue weighted by atomic mass is 10.2. The van der Waals surface area contributed by atoms with Crippen LogP contribution < -0.4 is 24.3 Å². The summed E-state index contributed by atoms with van der Waals surface area (Å²) in [5.74, 6) is 1.73. The van der Waals surface area contributed by atoms with Gasteiger partial charge in [0, 0.05) is 18.7 Å². The number of nitrogens with zero attached hydrogens (tertiary/aromatic N) is 1. The maximum absolute atomic E-state index is 12.6. The molecule has 0 spiro atoms. The van der Waals surface area contributed by atoms with Gasteiger partial charge in [0.05, 0.1) is 26.9 Å². The molecule has 9 nitrogen and oxygen atoms in total. The van der Waals surface area contributed by atoms with Crippen molar-refractivity contribution in [1.29, 1.82) is 0 Å². The highest BCUT2D eigenvalue weighted by molar-refractivity contribution is 5.95. The summed E-state index contributed by atoms with van der Waals surface area (Å²) in [4.78, 5) is 26.6. The summed E-state index contributed by atoms with van der Waals surface area (Å²) in [6, 6.07) is 12.2. The zero-order chi connectivity index (χ0) is 22.3. The Kier molecular flexibility index (Phi) is 6.96. The molecule has 1 N–H and O–H groups in total. The highest BCUT2D eigenvalue weighted by atomic mass is 16.6. The quantitative estimate of drug-likeness (QED) is 0.694. The molecule has 0 aliphatic carbocycles. The number of fused-ring (bicyclic) bond motifs is 1. The Morgan fingerprint density at radius 2 is 1.88 bits per heavy atom. The highest BCUT2D eigenvalue weighted by Gasteiger charge is 2.22. The first-order valence-corrected chi connectivity index (χ1v) is 10.5. The summed E-state index contributed by atoms with van der Waals surface area (Å²) in [6.45, 7) is 2.71. The summed E-state index contributed by atoms with van der Waals surface area (Å²) in [7, 11) is 1.48. The molecule has 1 saturated heterocycles. The maximum Gasteiger partial charge on any atom is 0.260 e. The third kappa shape index (κ3) is 5.23. The Labute approximate surface area is 186 Å². The maximum atomic E-state index is 12.6. The topological polar surface area (TPSA) is 95.6 Å². The van der Waals surface area contributed by atoms with Gasteiger partial charge in [-0.2, -0.15) is 0 Å². The highest BCUT2D eigenvalue weighted by Crippen LogP contribution is 2.31. The number of hydrogen-bond acceptors (Lipinski definition) is 7. The summed E-state index contributed by atoms with van der Waals surface area (Å²) in [5, 5.41) is 2.85. The van der Waals surface area contributed by atoms with E-state index in [1.807, 2.05) is 24.3 Å². The van der Waals surface area contributed by atoms with Crippen LogP contribution in [0.5, 0.6) is 23.0 Å². The summed E-state index contributed by atoms with van der Waals surface area (Å²) < 4.78 is 27.8. The fourth-order valence-electron chi connectivity index (χ4n) is 3.44. The molecule has 0 saturated carbocycles. The molecule has 2 aliphatic rings. The van der Waals surface area contributed by atoms with E-state index in [0.717, 1.165) is 0 Å². The number of carbonyl (C=O) groups excluding carboxylic acids is 2. The van der Waals surface area contributed by atoms with E-state index in [2.05, 4.69) is 5.32 Å². The number of methoxy groups -OCH3 is 1. The standard InChI is InChI=1S/C23H26N2O7/c1-28-21-12-16(6-7-19(21)31-15-22(26)25-8-10-29-11-9-25)23(27)24-13-17-14-30-18-4-2-3-5-20(18)32-17/h2-7,12,17H,8-11,13-15H2,1H3,(H,24,27). The van der Waals surface area contributed by atoms with Gasteiger partial charge >= 0.3 is 0 Å². The van der Waals surface area contributed by atoms with Crippen LogP contribution >= 0.6 is 0 Å². The second-order valence-electron chi connectivity index (χ2n) is 7.36. The minimum Gasteiger partial charge on any atom is -0.493 e. The second kappa shape index (κ2) is 10.2. The number of amides is 2. The number of para-hydroxylation sites is 2. The fraction of sp³-hybridized carbons (Fsp3) is 0.391. The van der Waals surface area contributed by atoms with Gasteiger partial charge in [0.15, 0.2) is 29.6 Å².